The van der Waals surface area contributed by atoms with Gasteiger partial charge in [0.1, 0.15) is 6.04 Å². The Balaban J connectivity index is 2.14. The summed E-state index contributed by atoms with van der Waals surface area (Å²) in [5.41, 5.74) is 0.510. The van der Waals surface area contributed by atoms with Crippen LogP contribution in [0, 0.1) is 22.7 Å². The molecule has 0 aromatic carbocycles. The van der Waals surface area contributed by atoms with Gasteiger partial charge >= 0.3 is 5.97 Å². The van der Waals surface area contributed by atoms with E-state index in [1.54, 1.807) is 0 Å². The number of fused-ring (bicyclic) bond motifs is 2. The third-order valence-electron chi connectivity index (χ3n) is 5.64. The minimum absolute atomic E-state index is 0.220. The SMILES string of the molecule is CC(C)CC(NC1C2(C)CCC(C2)C1(C)C)C(=O)O. The summed E-state index contributed by atoms with van der Waals surface area (Å²) in [6, 6.07) is -0.0703. The molecule has 110 valence electrons. The van der Waals surface area contributed by atoms with Crippen LogP contribution in [0.25, 0.3) is 0 Å². The quantitative estimate of drug-likeness (QED) is 0.803. The summed E-state index contributed by atoms with van der Waals surface area (Å²) in [4.78, 5) is 11.5. The number of carbonyl (C=O) groups is 1. The Bertz CT molecular complexity index is 359. The second kappa shape index (κ2) is 4.76. The van der Waals surface area contributed by atoms with E-state index in [-0.39, 0.29) is 5.41 Å². The predicted molar refractivity (Wildman–Crippen MR) is 77.0 cm³/mol. The lowest BCUT2D eigenvalue weighted by Crippen LogP contribution is -2.55. The molecule has 2 rings (SSSR count). The molecule has 3 nitrogen and oxygen atoms in total. The second-order valence-corrected chi connectivity index (χ2v) is 8.04. The van der Waals surface area contributed by atoms with Crippen molar-refractivity contribution in [2.75, 3.05) is 0 Å². The average Bonchev–Trinajstić information content (AvgIpc) is 2.73. The van der Waals surface area contributed by atoms with E-state index in [0.717, 1.165) is 5.92 Å². The highest BCUT2D eigenvalue weighted by Crippen LogP contribution is 2.62. The highest BCUT2D eigenvalue weighted by atomic mass is 16.4. The van der Waals surface area contributed by atoms with Crippen LogP contribution in [0.5, 0.6) is 0 Å². The van der Waals surface area contributed by atoms with Crippen LogP contribution in [0.2, 0.25) is 0 Å². The molecule has 0 amide bonds. The number of aliphatic carboxylic acids is 1. The zero-order valence-corrected chi connectivity index (χ0v) is 13.0. The van der Waals surface area contributed by atoms with Crippen molar-refractivity contribution >= 4 is 5.97 Å². The first-order valence-corrected chi connectivity index (χ1v) is 7.65. The molecule has 2 bridgehead atoms. The first kappa shape index (κ1) is 14.8. The van der Waals surface area contributed by atoms with E-state index >= 15 is 0 Å². The van der Waals surface area contributed by atoms with Gasteiger partial charge in [-0.25, -0.2) is 0 Å². The third kappa shape index (κ3) is 2.54. The van der Waals surface area contributed by atoms with E-state index in [4.69, 9.17) is 0 Å². The smallest absolute Gasteiger partial charge is 0.320 e. The largest absolute Gasteiger partial charge is 0.480 e. The van der Waals surface area contributed by atoms with E-state index in [1.165, 1.54) is 19.3 Å². The molecule has 4 unspecified atom stereocenters. The Hall–Kier alpha value is -0.570. The lowest BCUT2D eigenvalue weighted by atomic mass is 9.68. The molecule has 0 aromatic rings. The molecule has 19 heavy (non-hydrogen) atoms. The van der Waals surface area contributed by atoms with Gasteiger partial charge < -0.3 is 10.4 Å². The monoisotopic (exact) mass is 267 g/mol. The molecule has 3 heteroatoms. The summed E-state index contributed by atoms with van der Waals surface area (Å²) in [7, 11) is 0. The van der Waals surface area contributed by atoms with Crippen LogP contribution >= 0.6 is 0 Å². The standard InChI is InChI=1S/C16H29NO2/c1-10(2)8-12(13(18)19)17-14-15(3,4)11-6-7-16(14,5)9-11/h10-12,14,17H,6-9H2,1-5H3,(H,18,19). The highest BCUT2D eigenvalue weighted by Gasteiger charge is 2.59. The first-order valence-electron chi connectivity index (χ1n) is 7.65. The van der Waals surface area contributed by atoms with E-state index in [2.05, 4.69) is 39.9 Å². The van der Waals surface area contributed by atoms with Crippen molar-refractivity contribution in [3.63, 3.8) is 0 Å². The van der Waals surface area contributed by atoms with Crippen molar-refractivity contribution in [3.8, 4) is 0 Å². The number of hydrogen-bond donors (Lipinski definition) is 2. The second-order valence-electron chi connectivity index (χ2n) is 8.04. The van der Waals surface area contributed by atoms with Crippen molar-refractivity contribution in [3.05, 3.63) is 0 Å². The van der Waals surface area contributed by atoms with Crippen LogP contribution in [0.15, 0.2) is 0 Å². The van der Waals surface area contributed by atoms with Crippen molar-refractivity contribution < 1.29 is 9.90 Å². The molecule has 4 atom stereocenters. The fourth-order valence-electron chi connectivity index (χ4n) is 4.63. The maximum absolute atomic E-state index is 11.5. The first-order chi connectivity index (χ1) is 8.67. The zero-order chi connectivity index (χ0) is 14.4. The number of carboxylic acids is 1. The van der Waals surface area contributed by atoms with Gasteiger partial charge in [-0.3, -0.25) is 4.79 Å². The molecular formula is C16H29NO2. The lowest BCUT2D eigenvalue weighted by Gasteiger charge is -2.44. The Morgan fingerprint density at radius 2 is 2.00 bits per heavy atom. The molecule has 0 aromatic heterocycles. The van der Waals surface area contributed by atoms with Gasteiger partial charge in [-0.1, -0.05) is 34.6 Å². The van der Waals surface area contributed by atoms with E-state index in [1.807, 2.05) is 0 Å². The van der Waals surface area contributed by atoms with Gasteiger partial charge in [0.05, 0.1) is 0 Å². The van der Waals surface area contributed by atoms with Gasteiger partial charge in [0.25, 0.3) is 0 Å². The van der Waals surface area contributed by atoms with Gasteiger partial charge in [0.2, 0.25) is 0 Å². The lowest BCUT2D eigenvalue weighted by molar-refractivity contribution is -0.140. The van der Waals surface area contributed by atoms with Crippen LogP contribution in [0.1, 0.15) is 60.3 Å². The van der Waals surface area contributed by atoms with Crippen LogP contribution in [0.3, 0.4) is 0 Å². The van der Waals surface area contributed by atoms with Gasteiger partial charge in [-0.2, -0.15) is 0 Å². The maximum Gasteiger partial charge on any atom is 0.320 e. The van der Waals surface area contributed by atoms with Crippen molar-refractivity contribution in [1.29, 1.82) is 0 Å². The molecule has 0 spiro atoms. The molecule has 0 heterocycles. The fourth-order valence-corrected chi connectivity index (χ4v) is 4.63. The average molecular weight is 267 g/mol. The van der Waals surface area contributed by atoms with Gasteiger partial charge in [0.15, 0.2) is 0 Å². The maximum atomic E-state index is 11.5. The third-order valence-corrected chi connectivity index (χ3v) is 5.64. The Morgan fingerprint density at radius 1 is 1.37 bits per heavy atom. The van der Waals surface area contributed by atoms with Crippen LogP contribution in [-0.2, 0) is 4.79 Å². The summed E-state index contributed by atoms with van der Waals surface area (Å²) >= 11 is 0. The number of nitrogens with one attached hydrogen (secondary N) is 1. The predicted octanol–water partition coefficient (Wildman–Crippen LogP) is 3.29. The molecule has 0 radical (unpaired) electrons. The fraction of sp³-hybridized carbons (Fsp3) is 0.938. The zero-order valence-electron chi connectivity index (χ0n) is 13.0. The number of hydrogen-bond acceptors (Lipinski definition) is 2. The van der Waals surface area contributed by atoms with Crippen LogP contribution in [-0.4, -0.2) is 23.2 Å². The topological polar surface area (TPSA) is 49.3 Å². The Labute approximate surface area is 117 Å². The van der Waals surface area contributed by atoms with E-state index < -0.39 is 12.0 Å². The minimum Gasteiger partial charge on any atom is -0.480 e. The molecule has 2 fully saturated rings. The highest BCUT2D eigenvalue weighted by molar-refractivity contribution is 5.73. The van der Waals surface area contributed by atoms with E-state index in [0.29, 0.717) is 23.8 Å². The minimum atomic E-state index is -0.698. The number of carboxylic acid groups (broad SMARTS) is 1. The van der Waals surface area contributed by atoms with Crippen LogP contribution < -0.4 is 5.32 Å². The summed E-state index contributed by atoms with van der Waals surface area (Å²) < 4.78 is 0. The van der Waals surface area contributed by atoms with Gasteiger partial charge in [-0.15, -0.1) is 0 Å². The van der Waals surface area contributed by atoms with E-state index in [9.17, 15) is 9.90 Å². The number of rotatable bonds is 5. The van der Waals surface area contributed by atoms with Crippen molar-refractivity contribution in [2.45, 2.75) is 72.4 Å². The Morgan fingerprint density at radius 3 is 2.42 bits per heavy atom. The van der Waals surface area contributed by atoms with Crippen molar-refractivity contribution in [1.82, 2.24) is 5.32 Å². The molecule has 0 saturated heterocycles. The van der Waals surface area contributed by atoms with Gasteiger partial charge in [0, 0.05) is 6.04 Å². The van der Waals surface area contributed by atoms with Crippen LogP contribution in [0.4, 0.5) is 0 Å². The molecule has 2 saturated carbocycles. The molecule has 0 aliphatic heterocycles. The molecule has 2 aliphatic rings. The Kier molecular flexibility index (Phi) is 3.72. The normalized spacial score (nSPS) is 37.8. The molecular weight excluding hydrogens is 238 g/mol. The summed E-state index contributed by atoms with van der Waals surface area (Å²) in [6.45, 7) is 11.1. The molecule has 2 N–H and O–H groups in total. The van der Waals surface area contributed by atoms with Gasteiger partial charge in [-0.05, 0) is 48.3 Å². The summed E-state index contributed by atoms with van der Waals surface area (Å²) in [6.07, 6.45) is 4.52. The summed E-state index contributed by atoms with van der Waals surface area (Å²) in [5.74, 6) is 0.461. The summed E-state index contributed by atoms with van der Waals surface area (Å²) in [5, 5.41) is 13.0. The molecule has 2 aliphatic carbocycles. The van der Waals surface area contributed by atoms with Crippen molar-refractivity contribution in [2.24, 2.45) is 22.7 Å².